The molecule has 0 fully saturated rings. The van der Waals surface area contributed by atoms with E-state index in [1.807, 2.05) is 13.8 Å². The van der Waals surface area contributed by atoms with Crippen LogP contribution < -0.4 is 5.32 Å². The summed E-state index contributed by atoms with van der Waals surface area (Å²) in [6.45, 7) is 3.85. The van der Waals surface area contributed by atoms with Gasteiger partial charge >= 0.3 is 0 Å². The fraction of sp³-hybridized carbons (Fsp3) is 0.462. The number of phenols is 2. The average Bonchev–Trinajstić information content (AvgIpc) is 2.31. The topological polar surface area (TPSA) is 89.8 Å². The maximum atomic E-state index is 11.9. The molecule has 0 saturated heterocycles. The van der Waals surface area contributed by atoms with Crippen LogP contribution in [0.15, 0.2) is 18.2 Å². The van der Waals surface area contributed by atoms with Crippen molar-refractivity contribution in [2.24, 2.45) is 5.92 Å². The average molecular weight is 253 g/mol. The Kier molecular flexibility index (Phi) is 4.97. The molecular formula is C13H19NO4. The van der Waals surface area contributed by atoms with Crippen molar-refractivity contribution in [3.63, 3.8) is 0 Å². The van der Waals surface area contributed by atoms with Crippen molar-refractivity contribution in [2.45, 2.75) is 26.3 Å². The molecule has 1 rings (SSSR count). The van der Waals surface area contributed by atoms with Crippen LogP contribution in [0, 0.1) is 5.92 Å². The Morgan fingerprint density at radius 2 is 2.00 bits per heavy atom. The first-order valence-corrected chi connectivity index (χ1v) is 5.89. The smallest absolute Gasteiger partial charge is 0.255 e. The van der Waals surface area contributed by atoms with Gasteiger partial charge in [0.25, 0.3) is 5.91 Å². The van der Waals surface area contributed by atoms with Crippen LogP contribution in [0.5, 0.6) is 11.5 Å². The SMILES string of the molecule is CC(C)C(CCO)NC(=O)c1cc(O)ccc1O. The van der Waals surface area contributed by atoms with Gasteiger partial charge in [0, 0.05) is 12.6 Å². The lowest BCUT2D eigenvalue weighted by molar-refractivity contribution is 0.0913. The lowest BCUT2D eigenvalue weighted by Gasteiger charge is -2.21. The van der Waals surface area contributed by atoms with Crippen molar-refractivity contribution in [2.75, 3.05) is 6.61 Å². The molecule has 0 aliphatic rings. The minimum absolute atomic E-state index is 0.0187. The minimum atomic E-state index is -0.462. The Balaban J connectivity index is 2.83. The maximum absolute atomic E-state index is 11.9. The first-order chi connectivity index (χ1) is 8.45. The molecule has 1 aromatic carbocycles. The molecule has 1 amide bonds. The summed E-state index contributed by atoms with van der Waals surface area (Å²) in [6, 6.07) is 3.60. The highest BCUT2D eigenvalue weighted by molar-refractivity contribution is 5.97. The number of rotatable bonds is 5. The van der Waals surface area contributed by atoms with E-state index < -0.39 is 5.91 Å². The van der Waals surface area contributed by atoms with Crippen LogP contribution in [-0.2, 0) is 0 Å². The fourth-order valence-corrected chi connectivity index (χ4v) is 1.66. The van der Waals surface area contributed by atoms with E-state index in [2.05, 4.69) is 5.32 Å². The highest BCUT2D eigenvalue weighted by atomic mass is 16.3. The van der Waals surface area contributed by atoms with Crippen molar-refractivity contribution in [1.29, 1.82) is 0 Å². The predicted molar refractivity (Wildman–Crippen MR) is 67.6 cm³/mol. The van der Waals surface area contributed by atoms with Gasteiger partial charge in [-0.3, -0.25) is 4.79 Å². The molecule has 0 saturated carbocycles. The second-order valence-corrected chi connectivity index (χ2v) is 4.54. The van der Waals surface area contributed by atoms with Gasteiger partial charge < -0.3 is 20.6 Å². The monoisotopic (exact) mass is 253 g/mol. The van der Waals surface area contributed by atoms with Crippen molar-refractivity contribution in [3.8, 4) is 11.5 Å². The van der Waals surface area contributed by atoms with Gasteiger partial charge in [0.15, 0.2) is 0 Å². The number of benzene rings is 1. The number of aliphatic hydroxyl groups is 1. The summed E-state index contributed by atoms with van der Waals surface area (Å²) < 4.78 is 0. The van der Waals surface area contributed by atoms with Crippen LogP contribution in [0.1, 0.15) is 30.6 Å². The summed E-state index contributed by atoms with van der Waals surface area (Å²) >= 11 is 0. The van der Waals surface area contributed by atoms with Crippen LogP contribution in [0.4, 0.5) is 0 Å². The lowest BCUT2D eigenvalue weighted by atomic mass is 10.0. The van der Waals surface area contributed by atoms with Crippen molar-refractivity contribution < 1.29 is 20.1 Å². The molecule has 18 heavy (non-hydrogen) atoms. The largest absolute Gasteiger partial charge is 0.508 e. The number of nitrogens with one attached hydrogen (secondary N) is 1. The number of amides is 1. The van der Waals surface area contributed by atoms with Crippen LogP contribution in [-0.4, -0.2) is 33.9 Å². The summed E-state index contributed by atoms with van der Waals surface area (Å²) in [7, 11) is 0. The molecule has 5 heteroatoms. The zero-order valence-electron chi connectivity index (χ0n) is 10.6. The normalized spacial score (nSPS) is 12.4. The zero-order valence-corrected chi connectivity index (χ0v) is 10.6. The number of aliphatic hydroxyl groups excluding tert-OH is 1. The third-order valence-corrected chi connectivity index (χ3v) is 2.79. The van der Waals surface area contributed by atoms with Crippen LogP contribution in [0.2, 0.25) is 0 Å². The van der Waals surface area contributed by atoms with Gasteiger partial charge in [0.2, 0.25) is 0 Å². The summed E-state index contributed by atoms with van der Waals surface area (Å²) in [4.78, 5) is 11.9. The minimum Gasteiger partial charge on any atom is -0.508 e. The number of carbonyl (C=O) groups excluding carboxylic acids is 1. The molecule has 0 spiro atoms. The third-order valence-electron chi connectivity index (χ3n) is 2.79. The van der Waals surface area contributed by atoms with Crippen LogP contribution in [0.25, 0.3) is 0 Å². The predicted octanol–water partition coefficient (Wildman–Crippen LogP) is 1.23. The molecule has 1 aromatic rings. The number of hydrogen-bond donors (Lipinski definition) is 4. The van der Waals surface area contributed by atoms with Crippen LogP contribution >= 0.6 is 0 Å². The van der Waals surface area contributed by atoms with E-state index in [1.54, 1.807) is 0 Å². The Morgan fingerprint density at radius 3 is 2.56 bits per heavy atom. The summed E-state index contributed by atoms with van der Waals surface area (Å²) in [6.07, 6.45) is 0.447. The first kappa shape index (κ1) is 14.3. The third kappa shape index (κ3) is 3.63. The summed E-state index contributed by atoms with van der Waals surface area (Å²) in [5.74, 6) is -0.561. The quantitative estimate of drug-likeness (QED) is 0.594. The van der Waals surface area contributed by atoms with E-state index in [0.29, 0.717) is 6.42 Å². The molecule has 4 N–H and O–H groups in total. The van der Waals surface area contributed by atoms with E-state index in [9.17, 15) is 15.0 Å². The Hall–Kier alpha value is -1.75. The maximum Gasteiger partial charge on any atom is 0.255 e. The first-order valence-electron chi connectivity index (χ1n) is 5.89. The second kappa shape index (κ2) is 6.26. The zero-order chi connectivity index (χ0) is 13.7. The van der Waals surface area contributed by atoms with Crippen molar-refractivity contribution >= 4 is 5.91 Å². The molecule has 0 heterocycles. The fourth-order valence-electron chi connectivity index (χ4n) is 1.66. The number of hydrogen-bond acceptors (Lipinski definition) is 4. The van der Waals surface area contributed by atoms with Gasteiger partial charge in [-0.15, -0.1) is 0 Å². The van der Waals surface area contributed by atoms with E-state index in [4.69, 9.17) is 5.11 Å². The summed E-state index contributed by atoms with van der Waals surface area (Å²) in [5.41, 5.74) is 0.0265. The van der Waals surface area contributed by atoms with Gasteiger partial charge in [-0.25, -0.2) is 0 Å². The molecular weight excluding hydrogens is 234 g/mol. The van der Waals surface area contributed by atoms with Gasteiger partial charge in [-0.05, 0) is 30.5 Å². The van der Waals surface area contributed by atoms with Crippen molar-refractivity contribution in [1.82, 2.24) is 5.32 Å². The van der Waals surface area contributed by atoms with E-state index in [-0.39, 0.29) is 35.6 Å². The number of phenolic OH excluding ortho intramolecular Hbond substituents is 2. The van der Waals surface area contributed by atoms with Crippen molar-refractivity contribution in [3.05, 3.63) is 23.8 Å². The molecule has 0 radical (unpaired) electrons. The van der Waals surface area contributed by atoms with Gasteiger partial charge in [0.05, 0.1) is 5.56 Å². The molecule has 0 aromatic heterocycles. The number of carbonyl (C=O) groups is 1. The highest BCUT2D eigenvalue weighted by Crippen LogP contribution is 2.22. The second-order valence-electron chi connectivity index (χ2n) is 4.54. The van der Waals surface area contributed by atoms with Crippen LogP contribution in [0.3, 0.4) is 0 Å². The van der Waals surface area contributed by atoms with E-state index in [1.165, 1.54) is 18.2 Å². The highest BCUT2D eigenvalue weighted by Gasteiger charge is 2.19. The van der Waals surface area contributed by atoms with Gasteiger partial charge in [-0.1, -0.05) is 13.8 Å². The molecule has 1 atom stereocenters. The van der Waals surface area contributed by atoms with E-state index in [0.717, 1.165) is 0 Å². The van der Waals surface area contributed by atoms with E-state index >= 15 is 0 Å². The summed E-state index contributed by atoms with van der Waals surface area (Å²) in [5, 5.41) is 30.5. The molecule has 1 unspecified atom stereocenters. The van der Waals surface area contributed by atoms with Gasteiger partial charge in [-0.2, -0.15) is 0 Å². The molecule has 0 bridgehead atoms. The Morgan fingerprint density at radius 1 is 1.33 bits per heavy atom. The molecule has 100 valence electrons. The lowest BCUT2D eigenvalue weighted by Crippen LogP contribution is -2.39. The van der Waals surface area contributed by atoms with Gasteiger partial charge in [0.1, 0.15) is 11.5 Å². The standard InChI is InChI=1S/C13H19NO4/c1-8(2)11(5-6-15)14-13(18)10-7-9(16)3-4-12(10)17/h3-4,7-8,11,15-17H,5-6H2,1-2H3,(H,14,18). The number of aromatic hydroxyl groups is 2. The Bertz CT molecular complexity index is 417. The molecule has 0 aliphatic heterocycles. The molecule has 5 nitrogen and oxygen atoms in total. The molecule has 0 aliphatic carbocycles. The Labute approximate surface area is 106 Å².